The molecule has 0 spiro atoms. The summed E-state index contributed by atoms with van der Waals surface area (Å²) in [6, 6.07) is 13.1. The number of thioether (sulfide) groups is 1. The topological polar surface area (TPSA) is 125 Å². The molecule has 0 unspecified atom stereocenters. The van der Waals surface area contributed by atoms with Crippen LogP contribution in [0, 0.1) is 5.92 Å². The molecule has 0 aliphatic rings. The van der Waals surface area contributed by atoms with Gasteiger partial charge in [0.15, 0.2) is 0 Å². The van der Waals surface area contributed by atoms with E-state index in [1.165, 1.54) is 0 Å². The molecule has 0 aliphatic carbocycles. The van der Waals surface area contributed by atoms with Crippen LogP contribution >= 0.6 is 11.8 Å². The van der Waals surface area contributed by atoms with Crippen LogP contribution < -0.4 is 16.4 Å². The summed E-state index contributed by atoms with van der Waals surface area (Å²) in [5.41, 5.74) is 6.63. The monoisotopic (exact) mass is 516 g/mol. The van der Waals surface area contributed by atoms with Crippen LogP contribution in [-0.2, 0) is 20.9 Å². The van der Waals surface area contributed by atoms with Gasteiger partial charge in [0.1, 0.15) is 6.04 Å². The van der Waals surface area contributed by atoms with Crippen LogP contribution in [0.3, 0.4) is 0 Å². The summed E-state index contributed by atoms with van der Waals surface area (Å²) in [6.45, 7) is 5.37. The summed E-state index contributed by atoms with van der Waals surface area (Å²) in [4.78, 5) is 39.0. The molecule has 2 aromatic carbocycles. The third kappa shape index (κ3) is 9.44. The molecule has 9 heteroatoms. The molecule has 0 saturated carbocycles. The molecule has 0 heterocycles. The van der Waals surface area contributed by atoms with Crippen molar-refractivity contribution in [2.24, 2.45) is 11.7 Å². The highest BCUT2D eigenvalue weighted by atomic mass is 32.2. The third-order valence-electron chi connectivity index (χ3n) is 6.39. The van der Waals surface area contributed by atoms with Crippen molar-refractivity contribution in [3.63, 3.8) is 0 Å². The number of nitrogens with two attached hydrogens (primary N) is 1. The summed E-state index contributed by atoms with van der Waals surface area (Å²) < 4.78 is 0. The van der Waals surface area contributed by atoms with E-state index < -0.39 is 12.0 Å². The molecular weight excluding hydrogens is 476 g/mol. The van der Waals surface area contributed by atoms with E-state index in [4.69, 9.17) is 5.73 Å². The Morgan fingerprint density at radius 3 is 2.47 bits per heavy atom. The minimum atomic E-state index is -1.04. The molecule has 2 rings (SSSR count). The van der Waals surface area contributed by atoms with E-state index in [1.54, 1.807) is 11.8 Å². The van der Waals surface area contributed by atoms with Crippen molar-refractivity contribution in [1.29, 1.82) is 0 Å². The second-order valence-corrected chi connectivity index (χ2v) is 10.1. The Bertz CT molecular complexity index is 997. The van der Waals surface area contributed by atoms with E-state index in [-0.39, 0.29) is 43.3 Å². The van der Waals surface area contributed by atoms with Crippen LogP contribution in [0.4, 0.5) is 0 Å². The van der Waals surface area contributed by atoms with Gasteiger partial charge in [0.2, 0.25) is 11.8 Å². The highest BCUT2D eigenvalue weighted by molar-refractivity contribution is 7.98. The van der Waals surface area contributed by atoms with Crippen LogP contribution in [0.15, 0.2) is 42.5 Å². The highest BCUT2D eigenvalue weighted by Gasteiger charge is 2.25. The van der Waals surface area contributed by atoms with Gasteiger partial charge in [-0.15, -0.1) is 0 Å². The smallest absolute Gasteiger partial charge is 0.326 e. The number of benzene rings is 2. The summed E-state index contributed by atoms with van der Waals surface area (Å²) in [6.07, 6.45) is 3.36. The molecule has 0 bridgehead atoms. The standard InChI is InChI=1S/C27H40N4O4S/c1-4-19(2)24(30-25(32)12-14-28)17-31(18-26(33)29-23(27(34)35)13-15-36-3)16-21-10-7-9-20-8-5-6-11-22(20)21/h5-11,19,23-24H,4,12-18,28H2,1-3H3,(H,29,33)(H,30,32)(H,34,35)/t19-,23-,24+/m0/s1. The van der Waals surface area contributed by atoms with Crippen LogP contribution in [0.5, 0.6) is 0 Å². The van der Waals surface area contributed by atoms with Gasteiger partial charge in [-0.1, -0.05) is 62.7 Å². The number of hydrogen-bond donors (Lipinski definition) is 4. The maximum absolute atomic E-state index is 13.0. The van der Waals surface area contributed by atoms with Crippen LogP contribution in [0.1, 0.15) is 38.7 Å². The van der Waals surface area contributed by atoms with Crippen LogP contribution in [0.25, 0.3) is 10.8 Å². The lowest BCUT2D eigenvalue weighted by Gasteiger charge is -2.31. The van der Waals surface area contributed by atoms with Gasteiger partial charge in [0, 0.05) is 32.1 Å². The number of nitrogens with zero attached hydrogens (tertiary/aromatic N) is 1. The number of fused-ring (bicyclic) bond motifs is 1. The van der Waals surface area contributed by atoms with E-state index in [2.05, 4.69) is 30.5 Å². The van der Waals surface area contributed by atoms with Gasteiger partial charge in [-0.25, -0.2) is 4.79 Å². The molecule has 5 N–H and O–H groups in total. The van der Waals surface area contributed by atoms with Gasteiger partial charge >= 0.3 is 5.97 Å². The molecule has 0 aromatic heterocycles. The van der Waals surface area contributed by atoms with Gasteiger partial charge in [-0.05, 0) is 40.7 Å². The zero-order valence-corrected chi connectivity index (χ0v) is 22.4. The second-order valence-electron chi connectivity index (χ2n) is 9.15. The average Bonchev–Trinajstić information content (AvgIpc) is 2.85. The van der Waals surface area contributed by atoms with Gasteiger partial charge < -0.3 is 21.5 Å². The highest BCUT2D eigenvalue weighted by Crippen LogP contribution is 2.21. The Hall–Kier alpha value is -2.62. The van der Waals surface area contributed by atoms with Crippen molar-refractivity contribution in [2.75, 3.05) is 31.6 Å². The van der Waals surface area contributed by atoms with E-state index >= 15 is 0 Å². The minimum Gasteiger partial charge on any atom is -0.480 e. The number of carbonyl (C=O) groups is 3. The number of aliphatic carboxylic acids is 1. The minimum absolute atomic E-state index is 0.0198. The number of carbonyl (C=O) groups excluding carboxylic acids is 2. The zero-order chi connectivity index (χ0) is 26.5. The molecule has 0 radical (unpaired) electrons. The Kier molecular flexibility index (Phi) is 12.7. The second kappa shape index (κ2) is 15.5. The number of carboxylic acids is 1. The summed E-state index contributed by atoms with van der Waals surface area (Å²) in [5, 5.41) is 17.5. The fourth-order valence-corrected chi connectivity index (χ4v) is 4.60. The van der Waals surface area contributed by atoms with Crippen molar-refractivity contribution in [3.8, 4) is 0 Å². The summed E-state index contributed by atoms with van der Waals surface area (Å²) in [5.74, 6) is -0.678. The third-order valence-corrected chi connectivity index (χ3v) is 7.03. The lowest BCUT2D eigenvalue weighted by Crippen LogP contribution is -2.51. The van der Waals surface area contributed by atoms with Crippen LogP contribution in [0.2, 0.25) is 0 Å². The fraction of sp³-hybridized carbons (Fsp3) is 0.519. The van der Waals surface area contributed by atoms with E-state index in [0.717, 1.165) is 22.8 Å². The number of hydrogen-bond acceptors (Lipinski definition) is 6. The molecule has 198 valence electrons. The van der Waals surface area contributed by atoms with Crippen molar-refractivity contribution in [1.82, 2.24) is 15.5 Å². The zero-order valence-electron chi connectivity index (χ0n) is 21.5. The molecule has 2 aromatic rings. The van der Waals surface area contributed by atoms with Gasteiger partial charge in [0.25, 0.3) is 0 Å². The molecule has 3 atom stereocenters. The molecule has 0 saturated heterocycles. The lowest BCUT2D eigenvalue weighted by molar-refractivity contribution is -0.142. The number of amides is 2. The predicted octanol–water partition coefficient (Wildman–Crippen LogP) is 2.84. The van der Waals surface area contributed by atoms with Crippen LogP contribution in [-0.4, -0.2) is 71.5 Å². The normalized spacial score (nSPS) is 13.8. The summed E-state index contributed by atoms with van der Waals surface area (Å²) in [7, 11) is 0. The Morgan fingerprint density at radius 2 is 1.81 bits per heavy atom. The summed E-state index contributed by atoms with van der Waals surface area (Å²) >= 11 is 1.54. The SMILES string of the molecule is CC[C@H](C)[C@@H](CN(CC(=O)N[C@@H](CCSC)C(=O)O)Cc1cccc2ccccc12)NC(=O)CCN. The van der Waals surface area contributed by atoms with Gasteiger partial charge in [0.05, 0.1) is 6.54 Å². The van der Waals surface area contributed by atoms with E-state index in [0.29, 0.717) is 25.3 Å². The molecule has 0 aliphatic heterocycles. The quantitative estimate of drug-likeness (QED) is 0.270. The van der Waals surface area contributed by atoms with Crippen molar-refractivity contribution < 1.29 is 19.5 Å². The first-order valence-electron chi connectivity index (χ1n) is 12.5. The molecule has 36 heavy (non-hydrogen) atoms. The van der Waals surface area contributed by atoms with Crippen molar-refractivity contribution in [3.05, 3.63) is 48.0 Å². The maximum atomic E-state index is 13.0. The average molecular weight is 517 g/mol. The lowest BCUT2D eigenvalue weighted by atomic mass is 9.97. The maximum Gasteiger partial charge on any atom is 0.326 e. The predicted molar refractivity (Wildman–Crippen MR) is 147 cm³/mol. The molecule has 8 nitrogen and oxygen atoms in total. The Morgan fingerprint density at radius 1 is 1.08 bits per heavy atom. The van der Waals surface area contributed by atoms with E-state index in [1.807, 2.05) is 47.6 Å². The van der Waals surface area contributed by atoms with Crippen molar-refractivity contribution >= 4 is 40.3 Å². The first kappa shape index (κ1) is 29.6. The fourth-order valence-electron chi connectivity index (χ4n) is 4.13. The number of rotatable bonds is 16. The first-order chi connectivity index (χ1) is 17.3. The Labute approximate surface area is 218 Å². The van der Waals surface area contributed by atoms with Gasteiger partial charge in [-0.3, -0.25) is 14.5 Å². The van der Waals surface area contributed by atoms with Crippen molar-refractivity contribution in [2.45, 2.75) is 51.7 Å². The van der Waals surface area contributed by atoms with E-state index in [9.17, 15) is 19.5 Å². The molecule has 0 fully saturated rings. The number of nitrogens with one attached hydrogen (secondary N) is 2. The molecular formula is C27H40N4O4S. The Balaban J connectivity index is 2.28. The number of carboxylic acid groups (broad SMARTS) is 1. The first-order valence-corrected chi connectivity index (χ1v) is 13.9. The largest absolute Gasteiger partial charge is 0.480 e. The molecule has 2 amide bonds. The van der Waals surface area contributed by atoms with Gasteiger partial charge in [-0.2, -0.15) is 11.8 Å².